The quantitative estimate of drug-likeness (QED) is 0.730. The first-order valence-electron chi connectivity index (χ1n) is 4.09. The minimum atomic E-state index is -4.45. The molecule has 0 spiro atoms. The molecule has 0 saturated heterocycles. The van der Waals surface area contributed by atoms with Gasteiger partial charge in [0.05, 0.1) is 11.3 Å². The van der Waals surface area contributed by atoms with E-state index in [0.29, 0.717) is 5.69 Å². The molecular formula is C8H6ClF3N2. The summed E-state index contributed by atoms with van der Waals surface area (Å²) in [6.45, 7) is 0. The molecule has 1 heterocycles. The molecule has 1 saturated carbocycles. The fourth-order valence-corrected chi connectivity index (χ4v) is 1.37. The van der Waals surface area contributed by atoms with Gasteiger partial charge in [0, 0.05) is 5.92 Å². The summed E-state index contributed by atoms with van der Waals surface area (Å²) in [5.41, 5.74) is -0.502. The molecule has 0 N–H and O–H groups in total. The van der Waals surface area contributed by atoms with Crippen molar-refractivity contribution in [2.24, 2.45) is 0 Å². The van der Waals surface area contributed by atoms with Crippen LogP contribution in [0, 0.1) is 0 Å². The Bertz CT molecular complexity index is 360. The van der Waals surface area contributed by atoms with E-state index in [0.717, 1.165) is 18.9 Å². The van der Waals surface area contributed by atoms with E-state index in [-0.39, 0.29) is 5.92 Å². The average molecular weight is 223 g/mol. The van der Waals surface area contributed by atoms with E-state index < -0.39 is 16.9 Å². The molecule has 1 aliphatic rings. The molecule has 1 aromatic heterocycles. The van der Waals surface area contributed by atoms with E-state index in [1.807, 2.05) is 0 Å². The van der Waals surface area contributed by atoms with Crippen molar-refractivity contribution in [3.05, 3.63) is 22.5 Å². The van der Waals surface area contributed by atoms with Crippen LogP contribution in [0.4, 0.5) is 13.2 Å². The Hall–Kier alpha value is -0.840. The second-order valence-electron chi connectivity index (χ2n) is 3.25. The first-order chi connectivity index (χ1) is 6.48. The van der Waals surface area contributed by atoms with Crippen LogP contribution in [0.3, 0.4) is 0 Å². The van der Waals surface area contributed by atoms with Crippen LogP contribution in [0.2, 0.25) is 5.15 Å². The lowest BCUT2D eigenvalue weighted by Crippen LogP contribution is -2.09. The summed E-state index contributed by atoms with van der Waals surface area (Å²) in [5.74, 6) is 0.140. The molecule has 1 aliphatic carbocycles. The first kappa shape index (κ1) is 9.71. The van der Waals surface area contributed by atoms with E-state index in [2.05, 4.69) is 10.2 Å². The van der Waals surface area contributed by atoms with Crippen molar-refractivity contribution in [2.45, 2.75) is 24.9 Å². The monoisotopic (exact) mass is 222 g/mol. The summed E-state index contributed by atoms with van der Waals surface area (Å²) in [6.07, 6.45) is -2.68. The Balaban J connectivity index is 2.41. The van der Waals surface area contributed by atoms with Crippen molar-refractivity contribution in [1.82, 2.24) is 10.2 Å². The van der Waals surface area contributed by atoms with E-state index >= 15 is 0 Å². The zero-order valence-corrected chi connectivity index (χ0v) is 7.73. The molecule has 0 aromatic carbocycles. The second kappa shape index (κ2) is 3.08. The SMILES string of the molecule is FC(F)(F)c1cc(C2CC2)nnc1Cl. The third-order valence-electron chi connectivity index (χ3n) is 2.07. The van der Waals surface area contributed by atoms with Gasteiger partial charge in [-0.15, -0.1) is 5.10 Å². The third kappa shape index (κ3) is 1.82. The highest BCUT2D eigenvalue weighted by molar-refractivity contribution is 6.30. The summed E-state index contributed by atoms with van der Waals surface area (Å²) in [4.78, 5) is 0. The topological polar surface area (TPSA) is 25.8 Å². The van der Waals surface area contributed by atoms with Gasteiger partial charge in [-0.3, -0.25) is 0 Å². The van der Waals surface area contributed by atoms with Gasteiger partial charge in [0.2, 0.25) is 0 Å². The Morgan fingerprint density at radius 2 is 1.93 bits per heavy atom. The largest absolute Gasteiger partial charge is 0.419 e. The van der Waals surface area contributed by atoms with Gasteiger partial charge < -0.3 is 0 Å². The standard InChI is InChI=1S/C8H6ClF3N2/c9-7-5(8(10,11)12)3-6(13-14-7)4-1-2-4/h3-4H,1-2H2. The van der Waals surface area contributed by atoms with Gasteiger partial charge >= 0.3 is 6.18 Å². The minimum absolute atomic E-state index is 0.140. The van der Waals surface area contributed by atoms with E-state index in [1.165, 1.54) is 0 Å². The minimum Gasteiger partial charge on any atom is -0.166 e. The van der Waals surface area contributed by atoms with Gasteiger partial charge in [-0.1, -0.05) is 11.6 Å². The zero-order chi connectivity index (χ0) is 10.3. The highest BCUT2D eigenvalue weighted by atomic mass is 35.5. The maximum absolute atomic E-state index is 12.4. The lowest BCUT2D eigenvalue weighted by atomic mass is 10.2. The predicted octanol–water partition coefficient (Wildman–Crippen LogP) is 3.03. The van der Waals surface area contributed by atoms with Gasteiger partial charge in [0.1, 0.15) is 0 Å². The Morgan fingerprint density at radius 1 is 1.29 bits per heavy atom. The first-order valence-corrected chi connectivity index (χ1v) is 4.46. The molecule has 76 valence electrons. The smallest absolute Gasteiger partial charge is 0.166 e. The summed E-state index contributed by atoms with van der Waals surface area (Å²) < 4.78 is 37.1. The van der Waals surface area contributed by atoms with Crippen LogP contribution in [-0.4, -0.2) is 10.2 Å². The number of aromatic nitrogens is 2. The number of hydrogen-bond donors (Lipinski definition) is 0. The molecule has 2 rings (SSSR count). The summed E-state index contributed by atoms with van der Waals surface area (Å²) in [7, 11) is 0. The number of nitrogens with zero attached hydrogens (tertiary/aromatic N) is 2. The van der Waals surface area contributed by atoms with Crippen molar-refractivity contribution in [1.29, 1.82) is 0 Å². The van der Waals surface area contributed by atoms with E-state index in [9.17, 15) is 13.2 Å². The fraction of sp³-hybridized carbons (Fsp3) is 0.500. The third-order valence-corrected chi connectivity index (χ3v) is 2.35. The van der Waals surface area contributed by atoms with Gasteiger partial charge in [-0.05, 0) is 18.9 Å². The highest BCUT2D eigenvalue weighted by Gasteiger charge is 2.36. The number of alkyl halides is 3. The maximum atomic E-state index is 12.4. The lowest BCUT2D eigenvalue weighted by Gasteiger charge is -2.08. The fourth-order valence-electron chi connectivity index (χ4n) is 1.17. The van der Waals surface area contributed by atoms with Crippen molar-refractivity contribution in [3.63, 3.8) is 0 Å². The molecule has 0 bridgehead atoms. The van der Waals surface area contributed by atoms with Crippen molar-refractivity contribution < 1.29 is 13.2 Å². The molecule has 0 radical (unpaired) electrons. The van der Waals surface area contributed by atoms with Gasteiger partial charge in [-0.25, -0.2) is 0 Å². The molecule has 6 heteroatoms. The van der Waals surface area contributed by atoms with Crippen molar-refractivity contribution >= 4 is 11.6 Å². The summed E-state index contributed by atoms with van der Waals surface area (Å²) >= 11 is 5.31. The van der Waals surface area contributed by atoms with Crippen LogP contribution in [0.25, 0.3) is 0 Å². The molecule has 14 heavy (non-hydrogen) atoms. The molecular weight excluding hydrogens is 217 g/mol. The Labute approximate surface area is 83.1 Å². The molecule has 0 aliphatic heterocycles. The molecule has 1 aromatic rings. The van der Waals surface area contributed by atoms with Crippen LogP contribution < -0.4 is 0 Å². The van der Waals surface area contributed by atoms with Crippen molar-refractivity contribution in [3.8, 4) is 0 Å². The van der Waals surface area contributed by atoms with Crippen molar-refractivity contribution in [2.75, 3.05) is 0 Å². The van der Waals surface area contributed by atoms with Gasteiger partial charge in [-0.2, -0.15) is 18.3 Å². The van der Waals surface area contributed by atoms with Crippen LogP contribution in [-0.2, 0) is 6.18 Å². The average Bonchev–Trinajstić information content (AvgIpc) is 2.85. The van der Waals surface area contributed by atoms with Crippen LogP contribution >= 0.6 is 11.6 Å². The number of rotatable bonds is 1. The Kier molecular flexibility index (Phi) is 2.14. The van der Waals surface area contributed by atoms with E-state index in [4.69, 9.17) is 11.6 Å². The number of hydrogen-bond acceptors (Lipinski definition) is 2. The maximum Gasteiger partial charge on any atom is 0.419 e. The number of halogens is 4. The molecule has 0 atom stereocenters. The summed E-state index contributed by atoms with van der Waals surface area (Å²) in [6, 6.07) is 0.993. The van der Waals surface area contributed by atoms with E-state index in [1.54, 1.807) is 0 Å². The highest BCUT2D eigenvalue weighted by Crippen LogP contribution is 2.41. The van der Waals surface area contributed by atoms with Crippen LogP contribution in [0.5, 0.6) is 0 Å². The molecule has 0 amide bonds. The zero-order valence-electron chi connectivity index (χ0n) is 6.98. The molecule has 2 nitrogen and oxygen atoms in total. The van der Waals surface area contributed by atoms with Gasteiger partial charge in [0.15, 0.2) is 5.15 Å². The summed E-state index contributed by atoms with van der Waals surface area (Å²) in [5, 5.41) is 6.35. The molecule has 1 fully saturated rings. The van der Waals surface area contributed by atoms with Crippen LogP contribution in [0.15, 0.2) is 6.07 Å². The predicted molar refractivity (Wildman–Crippen MR) is 44.0 cm³/mol. The van der Waals surface area contributed by atoms with Gasteiger partial charge in [0.25, 0.3) is 0 Å². The van der Waals surface area contributed by atoms with Crippen LogP contribution in [0.1, 0.15) is 30.0 Å². The normalized spacial score (nSPS) is 17.1. The Morgan fingerprint density at radius 3 is 2.43 bits per heavy atom. The molecule has 0 unspecified atom stereocenters. The lowest BCUT2D eigenvalue weighted by molar-refractivity contribution is -0.137. The second-order valence-corrected chi connectivity index (χ2v) is 3.60.